The second-order valence-electron chi connectivity index (χ2n) is 2.79. The summed E-state index contributed by atoms with van der Waals surface area (Å²) >= 11 is 11.5. The minimum Gasteiger partial charge on any atom is -0.396 e. The first-order valence-corrected chi connectivity index (χ1v) is 4.72. The van der Waals surface area contributed by atoms with Gasteiger partial charge in [0.25, 0.3) is 0 Å². The van der Waals surface area contributed by atoms with Crippen molar-refractivity contribution >= 4 is 23.2 Å². The molecule has 2 nitrogen and oxygen atoms in total. The van der Waals surface area contributed by atoms with E-state index in [0.717, 1.165) is 5.56 Å². The molecular formula is C9H11Cl2NO. The van der Waals surface area contributed by atoms with E-state index >= 15 is 0 Å². The van der Waals surface area contributed by atoms with Gasteiger partial charge in [-0.1, -0.05) is 29.3 Å². The fourth-order valence-corrected chi connectivity index (χ4v) is 1.36. The fraction of sp³-hybridized carbons (Fsp3) is 0.333. The highest BCUT2D eigenvalue weighted by atomic mass is 35.5. The maximum Gasteiger partial charge on any atom is 0.0595 e. The molecule has 13 heavy (non-hydrogen) atoms. The summed E-state index contributed by atoms with van der Waals surface area (Å²) in [7, 11) is 0. The Morgan fingerprint density at radius 3 is 2.54 bits per heavy atom. The van der Waals surface area contributed by atoms with Crippen molar-refractivity contribution in [3.63, 3.8) is 0 Å². The molecule has 1 rings (SSSR count). The van der Waals surface area contributed by atoms with Gasteiger partial charge >= 0.3 is 0 Å². The minimum atomic E-state index is -0.181. The second kappa shape index (κ2) is 4.82. The van der Waals surface area contributed by atoms with Crippen LogP contribution in [0.15, 0.2) is 18.2 Å². The van der Waals surface area contributed by atoms with E-state index in [-0.39, 0.29) is 12.6 Å². The van der Waals surface area contributed by atoms with Gasteiger partial charge in [0.05, 0.1) is 10.0 Å². The summed E-state index contributed by atoms with van der Waals surface area (Å²) in [5, 5.41) is 9.69. The second-order valence-corrected chi connectivity index (χ2v) is 3.61. The van der Waals surface area contributed by atoms with E-state index in [4.69, 9.17) is 34.0 Å². The smallest absolute Gasteiger partial charge is 0.0595 e. The average Bonchev–Trinajstić information content (AvgIpc) is 2.10. The molecule has 1 aromatic carbocycles. The van der Waals surface area contributed by atoms with E-state index < -0.39 is 0 Å². The lowest BCUT2D eigenvalue weighted by molar-refractivity contribution is 0.276. The van der Waals surface area contributed by atoms with Crippen molar-refractivity contribution in [3.05, 3.63) is 33.8 Å². The zero-order chi connectivity index (χ0) is 9.84. The summed E-state index contributed by atoms with van der Waals surface area (Å²) in [6.07, 6.45) is 0.526. The molecule has 0 radical (unpaired) electrons. The molecule has 0 spiro atoms. The number of nitrogens with two attached hydrogens (primary N) is 1. The van der Waals surface area contributed by atoms with Crippen LogP contribution in [-0.2, 0) is 0 Å². The third-order valence-electron chi connectivity index (χ3n) is 1.81. The van der Waals surface area contributed by atoms with Gasteiger partial charge < -0.3 is 10.8 Å². The third kappa shape index (κ3) is 2.85. The molecule has 0 aromatic heterocycles. The normalized spacial score (nSPS) is 12.9. The Hall–Kier alpha value is -0.280. The number of aliphatic hydroxyl groups excluding tert-OH is 1. The van der Waals surface area contributed by atoms with Crippen LogP contribution in [0.3, 0.4) is 0 Å². The van der Waals surface area contributed by atoms with Crippen LogP contribution in [-0.4, -0.2) is 11.7 Å². The van der Waals surface area contributed by atoms with Crippen molar-refractivity contribution in [1.29, 1.82) is 0 Å². The van der Waals surface area contributed by atoms with Crippen LogP contribution in [0, 0.1) is 0 Å². The number of halogens is 2. The highest BCUT2D eigenvalue weighted by molar-refractivity contribution is 6.42. The van der Waals surface area contributed by atoms with Crippen LogP contribution in [0.2, 0.25) is 10.0 Å². The zero-order valence-corrected chi connectivity index (χ0v) is 8.52. The van der Waals surface area contributed by atoms with Gasteiger partial charge in [0.2, 0.25) is 0 Å². The lowest BCUT2D eigenvalue weighted by Gasteiger charge is -2.10. The Morgan fingerprint density at radius 1 is 1.31 bits per heavy atom. The average molecular weight is 220 g/mol. The molecule has 0 unspecified atom stereocenters. The van der Waals surface area contributed by atoms with E-state index in [0.29, 0.717) is 16.5 Å². The van der Waals surface area contributed by atoms with Gasteiger partial charge in [0.15, 0.2) is 0 Å². The van der Waals surface area contributed by atoms with E-state index in [1.54, 1.807) is 12.1 Å². The van der Waals surface area contributed by atoms with Gasteiger partial charge in [-0.2, -0.15) is 0 Å². The quantitative estimate of drug-likeness (QED) is 0.821. The first-order chi connectivity index (χ1) is 6.15. The molecule has 0 bridgehead atoms. The number of hydrogen-bond acceptors (Lipinski definition) is 2. The zero-order valence-electron chi connectivity index (χ0n) is 7.00. The Bertz CT molecular complexity index is 291. The highest BCUT2D eigenvalue weighted by Gasteiger charge is 2.06. The summed E-state index contributed by atoms with van der Waals surface area (Å²) in [5.74, 6) is 0. The Balaban J connectivity index is 2.84. The topological polar surface area (TPSA) is 46.2 Å². The van der Waals surface area contributed by atoms with Crippen molar-refractivity contribution in [2.45, 2.75) is 12.5 Å². The summed E-state index contributed by atoms with van der Waals surface area (Å²) in [6, 6.07) is 5.06. The summed E-state index contributed by atoms with van der Waals surface area (Å²) in [6.45, 7) is 0.0708. The van der Waals surface area contributed by atoms with Gasteiger partial charge in [0.1, 0.15) is 0 Å². The van der Waals surface area contributed by atoms with E-state index in [1.165, 1.54) is 0 Å². The molecule has 1 aromatic rings. The van der Waals surface area contributed by atoms with Crippen LogP contribution in [0.5, 0.6) is 0 Å². The maximum absolute atomic E-state index is 8.68. The van der Waals surface area contributed by atoms with Gasteiger partial charge in [-0.25, -0.2) is 0 Å². The van der Waals surface area contributed by atoms with Crippen molar-refractivity contribution in [2.75, 3.05) is 6.61 Å². The predicted octanol–water partition coefficient (Wildman–Crippen LogP) is 2.38. The van der Waals surface area contributed by atoms with Gasteiger partial charge in [-0.3, -0.25) is 0 Å². The Kier molecular flexibility index (Phi) is 4.00. The molecule has 0 aliphatic heterocycles. The van der Waals surface area contributed by atoms with Crippen LogP contribution in [0.1, 0.15) is 18.0 Å². The van der Waals surface area contributed by atoms with Gasteiger partial charge in [-0.15, -0.1) is 0 Å². The van der Waals surface area contributed by atoms with Crippen LogP contribution < -0.4 is 5.73 Å². The summed E-state index contributed by atoms with van der Waals surface area (Å²) < 4.78 is 0. The third-order valence-corrected chi connectivity index (χ3v) is 2.55. The molecule has 0 fully saturated rings. The number of benzene rings is 1. The Labute approximate surface area is 87.3 Å². The first kappa shape index (κ1) is 10.8. The molecule has 0 aliphatic rings. The van der Waals surface area contributed by atoms with Gasteiger partial charge in [0, 0.05) is 12.6 Å². The molecular weight excluding hydrogens is 209 g/mol. The lowest BCUT2D eigenvalue weighted by Crippen LogP contribution is -2.11. The summed E-state index contributed by atoms with van der Waals surface area (Å²) in [4.78, 5) is 0. The molecule has 0 saturated carbocycles. The van der Waals surface area contributed by atoms with Crippen molar-refractivity contribution < 1.29 is 5.11 Å². The standard InChI is InChI=1S/C9H11Cl2NO/c10-7-2-1-6(5-8(7)11)9(12)3-4-13/h1-2,5,9,13H,3-4,12H2/t9-/m1/s1. The Morgan fingerprint density at radius 2 is 2.00 bits per heavy atom. The SMILES string of the molecule is N[C@H](CCO)c1ccc(Cl)c(Cl)c1. The molecule has 72 valence electrons. The molecule has 0 amide bonds. The van der Waals surface area contributed by atoms with Crippen LogP contribution in [0.25, 0.3) is 0 Å². The lowest BCUT2D eigenvalue weighted by atomic mass is 10.1. The molecule has 1 atom stereocenters. The number of hydrogen-bond donors (Lipinski definition) is 2. The van der Waals surface area contributed by atoms with Crippen molar-refractivity contribution in [1.82, 2.24) is 0 Å². The highest BCUT2D eigenvalue weighted by Crippen LogP contribution is 2.25. The molecule has 3 N–H and O–H groups in total. The maximum atomic E-state index is 8.68. The summed E-state index contributed by atoms with van der Waals surface area (Å²) in [5.41, 5.74) is 6.65. The molecule has 0 aliphatic carbocycles. The van der Waals surface area contributed by atoms with Crippen LogP contribution >= 0.6 is 23.2 Å². The number of aliphatic hydroxyl groups is 1. The van der Waals surface area contributed by atoms with E-state index in [1.807, 2.05) is 6.07 Å². The van der Waals surface area contributed by atoms with Crippen LogP contribution in [0.4, 0.5) is 0 Å². The molecule has 0 saturated heterocycles. The largest absolute Gasteiger partial charge is 0.396 e. The van der Waals surface area contributed by atoms with E-state index in [2.05, 4.69) is 0 Å². The van der Waals surface area contributed by atoms with Crippen molar-refractivity contribution in [2.24, 2.45) is 5.73 Å². The van der Waals surface area contributed by atoms with Gasteiger partial charge in [-0.05, 0) is 24.1 Å². The molecule has 4 heteroatoms. The molecule has 0 heterocycles. The van der Waals surface area contributed by atoms with E-state index in [9.17, 15) is 0 Å². The fourth-order valence-electron chi connectivity index (χ4n) is 1.05. The first-order valence-electron chi connectivity index (χ1n) is 3.96. The van der Waals surface area contributed by atoms with Crippen molar-refractivity contribution in [3.8, 4) is 0 Å². The number of rotatable bonds is 3. The predicted molar refractivity (Wildman–Crippen MR) is 55.1 cm³/mol. The monoisotopic (exact) mass is 219 g/mol. The minimum absolute atomic E-state index is 0.0708.